The highest BCUT2D eigenvalue weighted by Gasteiger charge is 2.25. The molecular weight excluding hydrogens is 278 g/mol. The number of nitrogens with zero attached hydrogens (tertiary/aromatic N) is 3. The second-order valence-corrected chi connectivity index (χ2v) is 5.79. The molecule has 0 amide bonds. The van der Waals surface area contributed by atoms with Crippen LogP contribution in [-0.4, -0.2) is 28.1 Å². The van der Waals surface area contributed by atoms with Gasteiger partial charge in [0.15, 0.2) is 5.82 Å². The monoisotopic (exact) mass is 301 g/mol. The van der Waals surface area contributed by atoms with Gasteiger partial charge in [-0.2, -0.15) is 4.98 Å². The van der Waals surface area contributed by atoms with Crippen LogP contribution in [0.25, 0.3) is 5.57 Å². The molecule has 118 valence electrons. The number of unbranched alkanes of at least 4 members (excludes halogenated alkanes) is 1. The minimum atomic E-state index is 0.126. The number of furan rings is 1. The molecule has 5 nitrogen and oxygen atoms in total. The van der Waals surface area contributed by atoms with Gasteiger partial charge in [-0.25, -0.2) is 0 Å². The van der Waals surface area contributed by atoms with E-state index in [4.69, 9.17) is 8.94 Å². The standard InChI is InChI=1S/C17H23N3O2/c1-3-4-9-16-18-17(22-19-16)13(2)20-10-5-7-14(12-20)15-8-6-11-21-15/h6-8,11,13H,3-5,9-10,12H2,1-2H3. The van der Waals surface area contributed by atoms with Gasteiger partial charge in [-0.1, -0.05) is 24.6 Å². The molecule has 22 heavy (non-hydrogen) atoms. The first-order valence-corrected chi connectivity index (χ1v) is 8.07. The molecule has 0 aromatic carbocycles. The Morgan fingerprint density at radius 2 is 2.32 bits per heavy atom. The molecule has 0 N–H and O–H groups in total. The van der Waals surface area contributed by atoms with E-state index in [1.54, 1.807) is 6.26 Å². The summed E-state index contributed by atoms with van der Waals surface area (Å²) in [4.78, 5) is 6.90. The Labute approximate surface area is 131 Å². The second-order valence-electron chi connectivity index (χ2n) is 5.79. The SMILES string of the molecule is CCCCc1noc(C(C)N2CCC=C(c3ccco3)C2)n1. The van der Waals surface area contributed by atoms with Crippen LogP contribution in [0.2, 0.25) is 0 Å². The predicted octanol–water partition coefficient (Wildman–Crippen LogP) is 3.86. The summed E-state index contributed by atoms with van der Waals surface area (Å²) in [6.07, 6.45) is 8.12. The van der Waals surface area contributed by atoms with Gasteiger partial charge in [0.25, 0.3) is 0 Å². The van der Waals surface area contributed by atoms with Crippen molar-refractivity contribution in [2.24, 2.45) is 0 Å². The first kappa shape index (κ1) is 15.0. The number of aromatic nitrogens is 2. The van der Waals surface area contributed by atoms with Crippen molar-refractivity contribution in [1.82, 2.24) is 15.0 Å². The van der Waals surface area contributed by atoms with Crippen molar-refractivity contribution in [1.29, 1.82) is 0 Å². The summed E-state index contributed by atoms with van der Waals surface area (Å²) < 4.78 is 11.0. The Morgan fingerprint density at radius 3 is 3.09 bits per heavy atom. The molecule has 0 saturated carbocycles. The Bertz CT molecular complexity index is 616. The third-order valence-electron chi connectivity index (χ3n) is 4.16. The van der Waals surface area contributed by atoms with E-state index in [-0.39, 0.29) is 6.04 Å². The van der Waals surface area contributed by atoms with E-state index in [1.807, 2.05) is 12.1 Å². The number of aryl methyl sites for hydroxylation is 1. The van der Waals surface area contributed by atoms with Gasteiger partial charge in [0, 0.05) is 25.1 Å². The Morgan fingerprint density at radius 1 is 1.41 bits per heavy atom. The maximum atomic E-state index is 5.51. The van der Waals surface area contributed by atoms with E-state index in [0.29, 0.717) is 5.89 Å². The fraction of sp³-hybridized carbons (Fsp3) is 0.529. The molecule has 0 radical (unpaired) electrons. The van der Waals surface area contributed by atoms with Gasteiger partial charge in [0.2, 0.25) is 5.89 Å². The third-order valence-corrected chi connectivity index (χ3v) is 4.16. The summed E-state index contributed by atoms with van der Waals surface area (Å²) in [5.74, 6) is 2.49. The van der Waals surface area contributed by atoms with Crippen molar-refractivity contribution < 1.29 is 8.94 Å². The van der Waals surface area contributed by atoms with Gasteiger partial charge in [-0.3, -0.25) is 4.90 Å². The Hall–Kier alpha value is -1.88. The Kier molecular flexibility index (Phi) is 4.73. The molecule has 2 aromatic rings. The van der Waals surface area contributed by atoms with Crippen LogP contribution in [0, 0.1) is 0 Å². The predicted molar refractivity (Wildman–Crippen MR) is 84.2 cm³/mol. The highest BCUT2D eigenvalue weighted by Crippen LogP contribution is 2.27. The van der Waals surface area contributed by atoms with Crippen LogP contribution in [-0.2, 0) is 6.42 Å². The van der Waals surface area contributed by atoms with Crippen LogP contribution in [0.15, 0.2) is 33.4 Å². The number of rotatable bonds is 6. The van der Waals surface area contributed by atoms with Gasteiger partial charge in [-0.05, 0) is 31.9 Å². The molecule has 3 heterocycles. The molecule has 0 bridgehead atoms. The minimum Gasteiger partial charge on any atom is -0.465 e. The highest BCUT2D eigenvalue weighted by molar-refractivity contribution is 5.63. The number of hydrogen-bond acceptors (Lipinski definition) is 5. The fourth-order valence-corrected chi connectivity index (χ4v) is 2.77. The fourth-order valence-electron chi connectivity index (χ4n) is 2.77. The first-order valence-electron chi connectivity index (χ1n) is 8.07. The van der Waals surface area contributed by atoms with Gasteiger partial charge in [0.05, 0.1) is 12.3 Å². The summed E-state index contributed by atoms with van der Waals surface area (Å²) >= 11 is 0. The largest absolute Gasteiger partial charge is 0.465 e. The molecule has 1 unspecified atom stereocenters. The van der Waals surface area contributed by atoms with Crippen molar-refractivity contribution in [2.45, 2.75) is 45.6 Å². The lowest BCUT2D eigenvalue weighted by atomic mass is 10.1. The lowest BCUT2D eigenvalue weighted by molar-refractivity contribution is 0.190. The van der Waals surface area contributed by atoms with Crippen LogP contribution in [0.4, 0.5) is 0 Å². The molecule has 5 heteroatoms. The summed E-state index contributed by atoms with van der Waals surface area (Å²) in [6.45, 7) is 6.14. The summed E-state index contributed by atoms with van der Waals surface area (Å²) in [5, 5.41) is 4.09. The minimum absolute atomic E-state index is 0.126. The van der Waals surface area contributed by atoms with Crippen LogP contribution in [0.1, 0.15) is 56.6 Å². The molecule has 0 spiro atoms. The van der Waals surface area contributed by atoms with Gasteiger partial charge in [-0.15, -0.1) is 0 Å². The van der Waals surface area contributed by atoms with E-state index in [0.717, 1.165) is 50.4 Å². The normalized spacial score (nSPS) is 17.5. The zero-order valence-corrected chi connectivity index (χ0v) is 13.3. The van der Waals surface area contributed by atoms with Gasteiger partial charge < -0.3 is 8.94 Å². The lowest BCUT2D eigenvalue weighted by Gasteiger charge is -2.30. The van der Waals surface area contributed by atoms with Crippen molar-refractivity contribution in [2.75, 3.05) is 13.1 Å². The van der Waals surface area contributed by atoms with Crippen LogP contribution < -0.4 is 0 Å². The molecular formula is C17H23N3O2. The van der Waals surface area contributed by atoms with Crippen LogP contribution >= 0.6 is 0 Å². The average molecular weight is 301 g/mol. The van der Waals surface area contributed by atoms with Crippen molar-refractivity contribution in [3.05, 3.63) is 41.9 Å². The molecule has 0 saturated heterocycles. The van der Waals surface area contributed by atoms with E-state index < -0.39 is 0 Å². The molecule has 1 aliphatic rings. The van der Waals surface area contributed by atoms with Crippen molar-refractivity contribution >= 4 is 5.57 Å². The second kappa shape index (κ2) is 6.92. The first-order chi connectivity index (χ1) is 10.8. The van der Waals surface area contributed by atoms with Crippen molar-refractivity contribution in [3.8, 4) is 0 Å². The summed E-state index contributed by atoms with van der Waals surface area (Å²) in [5.41, 5.74) is 1.23. The zero-order chi connectivity index (χ0) is 15.4. The third kappa shape index (κ3) is 3.30. The highest BCUT2D eigenvalue weighted by atomic mass is 16.5. The van der Waals surface area contributed by atoms with Gasteiger partial charge in [0.1, 0.15) is 5.76 Å². The van der Waals surface area contributed by atoms with Gasteiger partial charge >= 0.3 is 0 Å². The maximum Gasteiger partial charge on any atom is 0.243 e. The zero-order valence-electron chi connectivity index (χ0n) is 13.3. The molecule has 2 aromatic heterocycles. The Balaban J connectivity index is 1.66. The molecule has 0 fully saturated rings. The number of hydrogen-bond donors (Lipinski definition) is 0. The van der Waals surface area contributed by atoms with E-state index in [9.17, 15) is 0 Å². The average Bonchev–Trinajstić information content (AvgIpc) is 3.24. The van der Waals surface area contributed by atoms with Crippen LogP contribution in [0.5, 0.6) is 0 Å². The van der Waals surface area contributed by atoms with E-state index in [1.165, 1.54) is 5.57 Å². The molecule has 1 aliphatic heterocycles. The summed E-state index contributed by atoms with van der Waals surface area (Å²) in [7, 11) is 0. The maximum absolute atomic E-state index is 5.51. The smallest absolute Gasteiger partial charge is 0.243 e. The molecule has 0 aliphatic carbocycles. The van der Waals surface area contributed by atoms with E-state index in [2.05, 4.69) is 35.0 Å². The summed E-state index contributed by atoms with van der Waals surface area (Å²) in [6, 6.07) is 4.06. The quantitative estimate of drug-likeness (QED) is 0.811. The molecule has 3 rings (SSSR count). The lowest BCUT2D eigenvalue weighted by Crippen LogP contribution is -2.32. The topological polar surface area (TPSA) is 55.3 Å². The van der Waals surface area contributed by atoms with Crippen LogP contribution in [0.3, 0.4) is 0 Å². The van der Waals surface area contributed by atoms with E-state index >= 15 is 0 Å². The van der Waals surface area contributed by atoms with Crippen molar-refractivity contribution in [3.63, 3.8) is 0 Å². The molecule has 1 atom stereocenters.